The molecule has 7 heteroatoms. The predicted octanol–water partition coefficient (Wildman–Crippen LogP) is 3.77. The molecule has 116 valence electrons. The summed E-state index contributed by atoms with van der Waals surface area (Å²) in [6.07, 6.45) is 0. The van der Waals surface area contributed by atoms with Crippen LogP contribution in [0.2, 0.25) is 5.02 Å². The van der Waals surface area contributed by atoms with Gasteiger partial charge in [0.25, 0.3) is 11.8 Å². The van der Waals surface area contributed by atoms with Gasteiger partial charge in [0.1, 0.15) is 5.82 Å². The number of carbonyl (C=O) groups is 2. The van der Waals surface area contributed by atoms with Crippen molar-refractivity contribution in [3.05, 3.63) is 69.8 Å². The van der Waals surface area contributed by atoms with E-state index < -0.39 is 17.6 Å². The minimum Gasteiger partial charge on any atom is -0.267 e. The number of halogens is 2. The Morgan fingerprint density at radius 3 is 2.48 bits per heavy atom. The molecule has 3 rings (SSSR count). The van der Waals surface area contributed by atoms with Gasteiger partial charge >= 0.3 is 0 Å². The first kappa shape index (κ1) is 15.5. The Bertz CT molecular complexity index is 910. The Balaban J connectivity index is 1.73. The molecule has 0 fully saturated rings. The molecule has 0 aliphatic carbocycles. The summed E-state index contributed by atoms with van der Waals surface area (Å²) in [5.41, 5.74) is 4.83. The lowest BCUT2D eigenvalue weighted by molar-refractivity contribution is 0.0849. The molecule has 2 amide bonds. The van der Waals surface area contributed by atoms with Crippen LogP contribution < -0.4 is 10.9 Å². The van der Waals surface area contributed by atoms with Crippen molar-refractivity contribution < 1.29 is 14.0 Å². The standard InChI is InChI=1S/C16H10ClFN2O2S/c17-11-5-2-1-4-9(11)15(21)19-20-16(22)14-8-10-12(18)6-3-7-13(10)23-14/h1-8H,(H,19,21)(H,20,22). The highest BCUT2D eigenvalue weighted by atomic mass is 35.5. The number of hydrogen-bond donors (Lipinski definition) is 2. The molecule has 2 aromatic carbocycles. The van der Waals surface area contributed by atoms with Crippen LogP contribution in [0.1, 0.15) is 20.0 Å². The number of nitrogens with one attached hydrogen (secondary N) is 2. The minimum atomic E-state index is -0.531. The van der Waals surface area contributed by atoms with Crippen molar-refractivity contribution in [2.75, 3.05) is 0 Å². The third-order valence-corrected chi connectivity index (χ3v) is 4.57. The third-order valence-electron chi connectivity index (χ3n) is 3.14. The Morgan fingerprint density at radius 1 is 1.00 bits per heavy atom. The molecular formula is C16H10ClFN2O2S. The van der Waals surface area contributed by atoms with E-state index in [0.717, 1.165) is 11.3 Å². The highest BCUT2D eigenvalue weighted by Crippen LogP contribution is 2.27. The zero-order valence-corrected chi connectivity index (χ0v) is 13.2. The van der Waals surface area contributed by atoms with Crippen molar-refractivity contribution in [1.82, 2.24) is 10.9 Å². The summed E-state index contributed by atoms with van der Waals surface area (Å²) in [7, 11) is 0. The van der Waals surface area contributed by atoms with Gasteiger partial charge < -0.3 is 0 Å². The van der Waals surface area contributed by atoms with Crippen LogP contribution in [0.15, 0.2) is 48.5 Å². The van der Waals surface area contributed by atoms with Gasteiger partial charge in [-0.3, -0.25) is 20.4 Å². The van der Waals surface area contributed by atoms with Crippen LogP contribution in [0.25, 0.3) is 10.1 Å². The fourth-order valence-electron chi connectivity index (χ4n) is 2.03. The molecule has 0 aliphatic rings. The Hall–Kier alpha value is -2.44. The summed E-state index contributed by atoms with van der Waals surface area (Å²) in [6.45, 7) is 0. The number of hydrazine groups is 1. The molecule has 0 saturated heterocycles. The average Bonchev–Trinajstić information content (AvgIpc) is 2.98. The van der Waals surface area contributed by atoms with E-state index in [1.807, 2.05) is 0 Å². The van der Waals surface area contributed by atoms with E-state index in [1.165, 1.54) is 12.1 Å². The summed E-state index contributed by atoms with van der Waals surface area (Å²) in [5.74, 6) is -1.44. The molecule has 1 aromatic heterocycles. The van der Waals surface area contributed by atoms with Crippen LogP contribution in [0.5, 0.6) is 0 Å². The van der Waals surface area contributed by atoms with Crippen LogP contribution in [-0.4, -0.2) is 11.8 Å². The van der Waals surface area contributed by atoms with Gasteiger partial charge in [0.2, 0.25) is 0 Å². The van der Waals surface area contributed by atoms with E-state index in [2.05, 4.69) is 10.9 Å². The van der Waals surface area contributed by atoms with Crippen molar-refractivity contribution in [2.24, 2.45) is 0 Å². The van der Waals surface area contributed by atoms with E-state index >= 15 is 0 Å². The summed E-state index contributed by atoms with van der Waals surface area (Å²) in [5, 5.41) is 0.656. The van der Waals surface area contributed by atoms with Gasteiger partial charge in [-0.15, -0.1) is 11.3 Å². The van der Waals surface area contributed by atoms with Crippen molar-refractivity contribution >= 4 is 44.8 Å². The van der Waals surface area contributed by atoms with Gasteiger partial charge in [-0.1, -0.05) is 29.8 Å². The molecule has 0 spiro atoms. The number of amides is 2. The third kappa shape index (κ3) is 3.18. The number of benzene rings is 2. The summed E-state index contributed by atoms with van der Waals surface area (Å²) >= 11 is 7.05. The molecule has 0 unspecified atom stereocenters. The smallest absolute Gasteiger partial charge is 0.267 e. The van der Waals surface area contributed by atoms with E-state index in [1.54, 1.807) is 36.4 Å². The summed E-state index contributed by atoms with van der Waals surface area (Å²) < 4.78 is 14.3. The first-order valence-electron chi connectivity index (χ1n) is 6.59. The van der Waals surface area contributed by atoms with Crippen LogP contribution in [0.4, 0.5) is 4.39 Å². The van der Waals surface area contributed by atoms with Gasteiger partial charge in [0, 0.05) is 10.1 Å². The minimum absolute atomic E-state index is 0.247. The van der Waals surface area contributed by atoms with Gasteiger partial charge in [0.15, 0.2) is 0 Å². The Morgan fingerprint density at radius 2 is 1.74 bits per heavy atom. The summed E-state index contributed by atoms with van der Waals surface area (Å²) in [6, 6.07) is 12.6. The van der Waals surface area contributed by atoms with Gasteiger partial charge in [0.05, 0.1) is 15.5 Å². The first-order valence-corrected chi connectivity index (χ1v) is 7.79. The van der Waals surface area contributed by atoms with Crippen LogP contribution >= 0.6 is 22.9 Å². The molecule has 4 nitrogen and oxygen atoms in total. The molecule has 0 saturated carbocycles. The van der Waals surface area contributed by atoms with E-state index in [-0.39, 0.29) is 10.6 Å². The zero-order chi connectivity index (χ0) is 16.4. The molecule has 1 heterocycles. The maximum Gasteiger partial charge on any atom is 0.279 e. The first-order chi connectivity index (χ1) is 11.1. The van der Waals surface area contributed by atoms with E-state index in [0.29, 0.717) is 15.0 Å². The second-order valence-electron chi connectivity index (χ2n) is 4.65. The van der Waals surface area contributed by atoms with Gasteiger partial charge in [-0.2, -0.15) is 0 Å². The number of fused-ring (bicyclic) bond motifs is 1. The maximum atomic E-state index is 13.6. The zero-order valence-electron chi connectivity index (χ0n) is 11.6. The second kappa shape index (κ2) is 6.36. The highest BCUT2D eigenvalue weighted by Gasteiger charge is 2.14. The second-order valence-corrected chi connectivity index (χ2v) is 6.14. The summed E-state index contributed by atoms with van der Waals surface area (Å²) in [4.78, 5) is 24.3. The fraction of sp³-hybridized carbons (Fsp3) is 0. The SMILES string of the molecule is O=C(NNC(=O)c1ccccc1Cl)c1cc2c(F)cccc2s1. The number of rotatable bonds is 2. The highest BCUT2D eigenvalue weighted by molar-refractivity contribution is 7.20. The van der Waals surface area contributed by atoms with Crippen molar-refractivity contribution in [3.8, 4) is 0 Å². The Kier molecular flexibility index (Phi) is 4.27. The molecule has 0 aliphatic heterocycles. The number of carbonyl (C=O) groups excluding carboxylic acids is 2. The van der Waals surface area contributed by atoms with Crippen LogP contribution in [-0.2, 0) is 0 Å². The van der Waals surface area contributed by atoms with Gasteiger partial charge in [-0.25, -0.2) is 4.39 Å². The topological polar surface area (TPSA) is 58.2 Å². The van der Waals surface area contributed by atoms with Crippen molar-refractivity contribution in [2.45, 2.75) is 0 Å². The molecule has 0 bridgehead atoms. The fourth-order valence-corrected chi connectivity index (χ4v) is 3.22. The van der Waals surface area contributed by atoms with E-state index in [4.69, 9.17) is 11.6 Å². The number of thiophene rings is 1. The average molecular weight is 349 g/mol. The molecule has 0 radical (unpaired) electrons. The molecule has 23 heavy (non-hydrogen) atoms. The van der Waals surface area contributed by atoms with Crippen LogP contribution in [0, 0.1) is 5.82 Å². The Labute approximate surface area is 139 Å². The van der Waals surface area contributed by atoms with Gasteiger partial charge in [-0.05, 0) is 30.3 Å². The number of hydrogen-bond acceptors (Lipinski definition) is 3. The van der Waals surface area contributed by atoms with E-state index in [9.17, 15) is 14.0 Å². The quantitative estimate of drug-likeness (QED) is 0.693. The predicted molar refractivity (Wildman–Crippen MR) is 88.2 cm³/mol. The largest absolute Gasteiger partial charge is 0.279 e. The molecule has 0 atom stereocenters. The maximum absolute atomic E-state index is 13.6. The van der Waals surface area contributed by atoms with Crippen molar-refractivity contribution in [3.63, 3.8) is 0 Å². The monoisotopic (exact) mass is 348 g/mol. The lowest BCUT2D eigenvalue weighted by Crippen LogP contribution is -2.41. The molecular weight excluding hydrogens is 339 g/mol. The molecule has 2 N–H and O–H groups in total. The lowest BCUT2D eigenvalue weighted by atomic mass is 10.2. The van der Waals surface area contributed by atoms with Crippen LogP contribution in [0.3, 0.4) is 0 Å². The van der Waals surface area contributed by atoms with Crippen molar-refractivity contribution in [1.29, 1.82) is 0 Å². The lowest BCUT2D eigenvalue weighted by Gasteiger charge is -2.07. The normalized spacial score (nSPS) is 10.5. The molecule has 3 aromatic rings.